The number of likely N-dealkylation sites (tertiary alicyclic amines) is 1. The van der Waals surface area contributed by atoms with Crippen molar-refractivity contribution in [1.82, 2.24) is 9.88 Å². The van der Waals surface area contributed by atoms with Gasteiger partial charge < -0.3 is 9.64 Å². The molecule has 1 aliphatic heterocycles. The fraction of sp³-hybridized carbons (Fsp3) is 0.333. The summed E-state index contributed by atoms with van der Waals surface area (Å²) in [6, 6.07) is 16.5. The normalized spacial score (nSPS) is 17.8. The highest BCUT2D eigenvalue weighted by atomic mass is 19.1. The summed E-state index contributed by atoms with van der Waals surface area (Å²) >= 11 is 0. The molecule has 0 radical (unpaired) electrons. The molecule has 1 amide bonds. The molecular formula is C24H23FN2O2. The van der Waals surface area contributed by atoms with E-state index in [0.717, 1.165) is 37.9 Å². The molecule has 2 aliphatic rings. The molecule has 1 spiro atoms. The number of carbonyl (C=O) groups excluding carboxylic acids is 1. The highest BCUT2D eigenvalue weighted by Crippen LogP contribution is 2.50. The van der Waals surface area contributed by atoms with Gasteiger partial charge in [0.05, 0.1) is 5.52 Å². The number of carbonyl (C=O) groups is 1. The van der Waals surface area contributed by atoms with Gasteiger partial charge in [0.15, 0.2) is 0 Å². The van der Waals surface area contributed by atoms with E-state index in [1.54, 1.807) is 18.3 Å². The molecule has 0 atom stereocenters. The van der Waals surface area contributed by atoms with Gasteiger partial charge in [-0.15, -0.1) is 0 Å². The van der Waals surface area contributed by atoms with Gasteiger partial charge in [-0.05, 0) is 49.1 Å². The lowest BCUT2D eigenvalue weighted by atomic mass is 9.61. The van der Waals surface area contributed by atoms with Crippen LogP contribution >= 0.6 is 0 Å². The fourth-order valence-corrected chi connectivity index (χ4v) is 4.62. The molecule has 2 heterocycles. The average molecular weight is 390 g/mol. The summed E-state index contributed by atoms with van der Waals surface area (Å²) in [5.41, 5.74) is 2.15. The van der Waals surface area contributed by atoms with E-state index in [0.29, 0.717) is 17.6 Å². The van der Waals surface area contributed by atoms with Crippen LogP contribution in [0.25, 0.3) is 10.9 Å². The van der Waals surface area contributed by atoms with Crippen LogP contribution in [-0.2, 0) is 11.2 Å². The standard InChI is InChI=1S/C24H23FN2O2/c25-18-7-8-21-20(12-18)22(10-11-26-21)29-19-13-24(14-19)15-27(16-24)23(28)9-6-17-4-2-1-3-5-17/h1-5,7-8,10-12,19H,6,9,13-16H2. The van der Waals surface area contributed by atoms with Gasteiger partial charge in [-0.1, -0.05) is 30.3 Å². The van der Waals surface area contributed by atoms with E-state index >= 15 is 0 Å². The van der Waals surface area contributed by atoms with Crippen molar-refractivity contribution >= 4 is 16.8 Å². The Labute approximate surface area is 169 Å². The number of ether oxygens (including phenoxy) is 1. The number of halogens is 1. The third-order valence-corrected chi connectivity index (χ3v) is 6.15. The molecular weight excluding hydrogens is 367 g/mol. The van der Waals surface area contributed by atoms with Crippen molar-refractivity contribution < 1.29 is 13.9 Å². The first-order valence-corrected chi connectivity index (χ1v) is 10.1. The van der Waals surface area contributed by atoms with Gasteiger partial charge >= 0.3 is 0 Å². The van der Waals surface area contributed by atoms with E-state index in [-0.39, 0.29) is 23.2 Å². The van der Waals surface area contributed by atoms with Crippen molar-refractivity contribution in [3.63, 3.8) is 0 Å². The largest absolute Gasteiger partial charge is 0.490 e. The first-order valence-electron chi connectivity index (χ1n) is 10.1. The van der Waals surface area contributed by atoms with Gasteiger partial charge in [-0.25, -0.2) is 4.39 Å². The third kappa shape index (κ3) is 3.57. The maximum Gasteiger partial charge on any atom is 0.222 e. The molecule has 148 valence electrons. The van der Waals surface area contributed by atoms with Crippen LogP contribution in [0.1, 0.15) is 24.8 Å². The lowest BCUT2D eigenvalue weighted by Crippen LogP contribution is -2.65. The second-order valence-electron chi connectivity index (χ2n) is 8.35. The maximum atomic E-state index is 13.6. The summed E-state index contributed by atoms with van der Waals surface area (Å²) in [7, 11) is 0. The molecule has 5 heteroatoms. The number of rotatable bonds is 5. The highest BCUT2D eigenvalue weighted by Gasteiger charge is 2.54. The Kier molecular flexibility index (Phi) is 4.46. The number of fused-ring (bicyclic) bond motifs is 1. The third-order valence-electron chi connectivity index (χ3n) is 6.15. The van der Waals surface area contributed by atoms with Crippen molar-refractivity contribution in [2.45, 2.75) is 31.8 Å². The number of hydrogen-bond acceptors (Lipinski definition) is 3. The lowest BCUT2D eigenvalue weighted by molar-refractivity contribution is -0.160. The van der Waals surface area contributed by atoms with E-state index in [1.807, 2.05) is 23.1 Å². The average Bonchev–Trinajstić information content (AvgIpc) is 2.68. The van der Waals surface area contributed by atoms with Crippen LogP contribution in [0.3, 0.4) is 0 Å². The van der Waals surface area contributed by atoms with Crippen molar-refractivity contribution in [1.29, 1.82) is 0 Å². The molecule has 4 nitrogen and oxygen atoms in total. The number of benzene rings is 2. The van der Waals surface area contributed by atoms with E-state index in [9.17, 15) is 9.18 Å². The Balaban J connectivity index is 1.13. The number of pyridine rings is 1. The number of hydrogen-bond donors (Lipinski definition) is 0. The molecule has 1 saturated heterocycles. The van der Waals surface area contributed by atoms with Crippen molar-refractivity contribution in [3.05, 3.63) is 72.2 Å². The van der Waals surface area contributed by atoms with Crippen LogP contribution in [0.2, 0.25) is 0 Å². The van der Waals surface area contributed by atoms with E-state index < -0.39 is 0 Å². The van der Waals surface area contributed by atoms with Crippen LogP contribution in [0.5, 0.6) is 5.75 Å². The zero-order valence-corrected chi connectivity index (χ0v) is 16.2. The molecule has 5 rings (SSSR count). The van der Waals surface area contributed by atoms with E-state index in [2.05, 4.69) is 17.1 Å². The first-order chi connectivity index (χ1) is 14.1. The summed E-state index contributed by atoms with van der Waals surface area (Å²) in [4.78, 5) is 18.7. The van der Waals surface area contributed by atoms with Crippen molar-refractivity contribution in [2.75, 3.05) is 13.1 Å². The molecule has 2 aromatic carbocycles. The minimum Gasteiger partial charge on any atom is -0.490 e. The molecule has 3 aromatic rings. The zero-order chi connectivity index (χ0) is 19.8. The van der Waals surface area contributed by atoms with Crippen LogP contribution < -0.4 is 4.74 Å². The van der Waals surface area contributed by atoms with Gasteiger partial charge in [0.2, 0.25) is 5.91 Å². The van der Waals surface area contributed by atoms with Crippen LogP contribution in [0.15, 0.2) is 60.8 Å². The number of nitrogens with zero attached hydrogens (tertiary/aromatic N) is 2. The Hall–Kier alpha value is -2.95. The van der Waals surface area contributed by atoms with Crippen LogP contribution in [-0.4, -0.2) is 35.0 Å². The van der Waals surface area contributed by atoms with Crippen molar-refractivity contribution in [2.24, 2.45) is 5.41 Å². The lowest BCUT2D eigenvalue weighted by Gasteiger charge is -2.58. The van der Waals surface area contributed by atoms with Crippen LogP contribution in [0.4, 0.5) is 4.39 Å². The number of amides is 1. The van der Waals surface area contributed by atoms with Gasteiger partial charge in [-0.3, -0.25) is 9.78 Å². The predicted octanol–water partition coefficient (Wildman–Crippen LogP) is 4.38. The van der Waals surface area contributed by atoms with Gasteiger partial charge in [0, 0.05) is 36.5 Å². The Morgan fingerprint density at radius 2 is 1.93 bits per heavy atom. The van der Waals surface area contributed by atoms with Gasteiger partial charge in [0.25, 0.3) is 0 Å². The number of aromatic nitrogens is 1. The molecule has 1 saturated carbocycles. The molecule has 0 bridgehead atoms. The van der Waals surface area contributed by atoms with E-state index in [4.69, 9.17) is 4.74 Å². The maximum absolute atomic E-state index is 13.6. The second-order valence-corrected chi connectivity index (χ2v) is 8.35. The van der Waals surface area contributed by atoms with Crippen molar-refractivity contribution in [3.8, 4) is 5.75 Å². The molecule has 0 unspecified atom stereocenters. The smallest absolute Gasteiger partial charge is 0.222 e. The zero-order valence-electron chi connectivity index (χ0n) is 16.2. The summed E-state index contributed by atoms with van der Waals surface area (Å²) < 4.78 is 19.7. The Morgan fingerprint density at radius 1 is 1.14 bits per heavy atom. The Morgan fingerprint density at radius 3 is 2.72 bits per heavy atom. The van der Waals surface area contributed by atoms with Gasteiger partial charge in [-0.2, -0.15) is 0 Å². The summed E-state index contributed by atoms with van der Waals surface area (Å²) in [6.07, 6.45) is 5.05. The Bertz CT molecular complexity index is 1040. The minimum absolute atomic E-state index is 0.116. The molecule has 0 N–H and O–H groups in total. The van der Waals surface area contributed by atoms with Crippen LogP contribution in [0, 0.1) is 11.2 Å². The molecule has 1 aromatic heterocycles. The topological polar surface area (TPSA) is 42.4 Å². The fourth-order valence-electron chi connectivity index (χ4n) is 4.62. The first kappa shape index (κ1) is 18.1. The minimum atomic E-state index is -0.288. The summed E-state index contributed by atoms with van der Waals surface area (Å²) in [6.45, 7) is 1.65. The second kappa shape index (κ2) is 7.14. The van der Waals surface area contributed by atoms with E-state index in [1.165, 1.54) is 17.7 Å². The molecule has 1 aliphatic carbocycles. The molecule has 2 fully saturated rings. The molecule has 29 heavy (non-hydrogen) atoms. The van der Waals surface area contributed by atoms with Gasteiger partial charge in [0.1, 0.15) is 17.7 Å². The monoisotopic (exact) mass is 390 g/mol. The highest BCUT2D eigenvalue weighted by molar-refractivity contribution is 5.84. The predicted molar refractivity (Wildman–Crippen MR) is 109 cm³/mol. The summed E-state index contributed by atoms with van der Waals surface area (Å²) in [5.74, 6) is 0.632. The SMILES string of the molecule is O=C(CCc1ccccc1)N1CC2(CC(Oc3ccnc4ccc(F)cc34)C2)C1. The number of aryl methyl sites for hydroxylation is 1. The quantitative estimate of drug-likeness (QED) is 0.649. The summed E-state index contributed by atoms with van der Waals surface area (Å²) in [5, 5.41) is 0.708.